The third-order valence-corrected chi connectivity index (χ3v) is 9.61. The van der Waals surface area contributed by atoms with Crippen LogP contribution in [-0.4, -0.2) is 77.3 Å². The molecule has 2 fully saturated rings. The molecule has 0 aliphatic heterocycles. The summed E-state index contributed by atoms with van der Waals surface area (Å²) in [5.41, 5.74) is -8.32. The Balaban J connectivity index is 0.000000207. The molecular weight excluding hydrogens is 727 g/mol. The van der Waals surface area contributed by atoms with E-state index in [4.69, 9.17) is 5.11 Å². The van der Waals surface area contributed by atoms with E-state index in [1.165, 1.54) is 42.9 Å². The minimum atomic E-state index is -5.89. The van der Waals surface area contributed by atoms with Crippen LogP contribution >= 0.6 is 0 Å². The van der Waals surface area contributed by atoms with Crippen LogP contribution in [0.1, 0.15) is 38.5 Å². The molecule has 0 radical (unpaired) electrons. The molecule has 0 unspecified atom stereocenters. The first-order valence-electron chi connectivity index (χ1n) is 15.5. The van der Waals surface area contributed by atoms with Gasteiger partial charge in [-0.05, 0) is 31.6 Å². The maximum atomic E-state index is 12.9. The van der Waals surface area contributed by atoms with Crippen molar-refractivity contribution in [2.24, 2.45) is 47.1 Å². The molecule has 4 aromatic rings. The summed E-state index contributed by atoms with van der Waals surface area (Å²) in [6.07, 6.45) is -13.9. The fourth-order valence-electron chi connectivity index (χ4n) is 6.38. The van der Waals surface area contributed by atoms with E-state index < -0.39 is 65.7 Å². The average molecular weight is 763 g/mol. The van der Waals surface area contributed by atoms with Crippen LogP contribution in [0.15, 0.2) is 31.8 Å². The van der Waals surface area contributed by atoms with Crippen molar-refractivity contribution in [2.75, 3.05) is 0 Å². The Morgan fingerprint density at radius 3 is 1.54 bits per heavy atom. The fourth-order valence-corrected chi connectivity index (χ4v) is 6.38. The molecule has 52 heavy (non-hydrogen) atoms. The number of rotatable bonds is 3. The average Bonchev–Trinajstić information content (AvgIpc) is 3.74. The zero-order chi connectivity index (χ0) is 39.5. The molecule has 23 heteroatoms. The topological polar surface area (TPSA) is 164 Å². The standard InChI is InChI=1S/C15H16F6N4O3.C8H10N4O2.C6H9F3O/c1-23-6-22-10-9(23)11(26)25(12(27)24(10)2)5-7-3-8(4-7)13(28,14(16,17)18)15(19,20)21;1-10-4-9-6-5(10)7(13)12(3)8(14)11(6)2;7-6(8,9)5(10)3-1-2-4-5/h6-8,28H,3-5H2,1-2H3;4H,1-3H3;10H,1-4H2. The highest BCUT2D eigenvalue weighted by atomic mass is 19.4. The molecule has 14 nitrogen and oxygen atoms in total. The van der Waals surface area contributed by atoms with Crippen LogP contribution in [0.4, 0.5) is 39.5 Å². The molecule has 2 aliphatic rings. The fraction of sp³-hybridized carbons (Fsp3) is 0.655. The summed E-state index contributed by atoms with van der Waals surface area (Å²) in [5, 5.41) is 18.3. The lowest BCUT2D eigenvalue weighted by molar-refractivity contribution is -0.393. The maximum absolute atomic E-state index is 12.9. The number of halogens is 9. The minimum absolute atomic E-state index is 0.0834. The summed E-state index contributed by atoms with van der Waals surface area (Å²) < 4.78 is 120. The molecule has 4 aromatic heterocycles. The van der Waals surface area contributed by atoms with Crippen LogP contribution in [0.5, 0.6) is 0 Å². The number of alkyl halides is 9. The second kappa shape index (κ2) is 13.5. The van der Waals surface area contributed by atoms with Gasteiger partial charge >= 0.3 is 29.9 Å². The first-order chi connectivity index (χ1) is 23.7. The number of aliphatic hydroxyl groups is 2. The number of aryl methyl sites for hydroxylation is 4. The van der Waals surface area contributed by atoms with Crippen molar-refractivity contribution < 1.29 is 49.7 Å². The molecule has 2 saturated carbocycles. The van der Waals surface area contributed by atoms with Crippen LogP contribution in [0, 0.1) is 11.8 Å². The van der Waals surface area contributed by atoms with Gasteiger partial charge in [0.25, 0.3) is 16.7 Å². The van der Waals surface area contributed by atoms with Gasteiger partial charge in [-0.2, -0.15) is 39.5 Å². The van der Waals surface area contributed by atoms with Gasteiger partial charge in [0.2, 0.25) is 0 Å². The number of aromatic nitrogens is 8. The monoisotopic (exact) mass is 762 g/mol. The highest BCUT2D eigenvalue weighted by Crippen LogP contribution is 2.55. The van der Waals surface area contributed by atoms with Gasteiger partial charge in [-0.1, -0.05) is 12.8 Å². The van der Waals surface area contributed by atoms with E-state index >= 15 is 0 Å². The third-order valence-electron chi connectivity index (χ3n) is 9.61. The molecule has 0 amide bonds. The predicted octanol–water partition coefficient (Wildman–Crippen LogP) is 2.14. The van der Waals surface area contributed by atoms with Crippen molar-refractivity contribution in [1.29, 1.82) is 0 Å². The smallest absolute Gasteiger partial charge is 0.380 e. The van der Waals surface area contributed by atoms with Crippen molar-refractivity contribution >= 4 is 22.3 Å². The number of hydrogen-bond donors (Lipinski definition) is 2. The Morgan fingerprint density at radius 1 is 0.712 bits per heavy atom. The molecule has 290 valence electrons. The molecule has 6 rings (SSSR count). The molecule has 2 N–H and O–H groups in total. The Kier molecular flexibility index (Phi) is 10.5. The Hall–Kier alpha value is -4.41. The lowest BCUT2D eigenvalue weighted by atomic mass is 9.65. The van der Waals surface area contributed by atoms with Crippen molar-refractivity contribution in [3.8, 4) is 0 Å². The van der Waals surface area contributed by atoms with E-state index in [1.54, 1.807) is 18.7 Å². The van der Waals surface area contributed by atoms with Gasteiger partial charge in [0.1, 0.15) is 0 Å². The van der Waals surface area contributed by atoms with E-state index in [0.717, 1.165) is 13.7 Å². The summed E-state index contributed by atoms with van der Waals surface area (Å²) in [7, 11) is 7.64. The third kappa shape index (κ3) is 6.78. The number of hydrogen-bond acceptors (Lipinski definition) is 8. The molecular formula is C29H35F9N8O6. The van der Waals surface area contributed by atoms with Crippen molar-refractivity contribution in [3.05, 3.63) is 54.3 Å². The molecule has 0 aromatic carbocycles. The number of imidazole rings is 2. The van der Waals surface area contributed by atoms with E-state index in [9.17, 15) is 63.8 Å². The van der Waals surface area contributed by atoms with Gasteiger partial charge in [-0.3, -0.25) is 27.9 Å². The molecule has 2 aliphatic carbocycles. The summed E-state index contributed by atoms with van der Waals surface area (Å²) in [6.45, 7) is -0.352. The Morgan fingerprint density at radius 2 is 1.13 bits per heavy atom. The lowest BCUT2D eigenvalue weighted by Gasteiger charge is -2.46. The molecule has 0 saturated heterocycles. The van der Waals surface area contributed by atoms with Crippen LogP contribution < -0.4 is 22.5 Å². The first-order valence-corrected chi connectivity index (χ1v) is 15.5. The normalized spacial score (nSPS) is 19.2. The van der Waals surface area contributed by atoms with Crippen LogP contribution in [0.2, 0.25) is 0 Å². The zero-order valence-corrected chi connectivity index (χ0v) is 28.3. The van der Waals surface area contributed by atoms with Gasteiger partial charge < -0.3 is 19.3 Å². The van der Waals surface area contributed by atoms with E-state index in [-0.39, 0.29) is 41.8 Å². The highest BCUT2D eigenvalue weighted by molar-refractivity contribution is 5.70. The van der Waals surface area contributed by atoms with E-state index in [1.807, 2.05) is 0 Å². The summed E-state index contributed by atoms with van der Waals surface area (Å²) in [6, 6.07) is 0. The van der Waals surface area contributed by atoms with Crippen molar-refractivity contribution in [3.63, 3.8) is 0 Å². The molecule has 0 bridgehead atoms. The maximum Gasteiger partial charge on any atom is 0.426 e. The van der Waals surface area contributed by atoms with Crippen LogP contribution in [-0.2, 0) is 41.8 Å². The SMILES string of the molecule is Cn1c(=O)c2c(ncn2C)n(C)c1=O.Cn1cnc2c1c(=O)n(CC1CC(C(O)(C(F)(F)F)C(F)(F)F)C1)c(=O)n2C.OC1(C(F)(F)F)CCCC1. The summed E-state index contributed by atoms with van der Waals surface area (Å²) >= 11 is 0. The van der Waals surface area contributed by atoms with Crippen LogP contribution in [0.3, 0.4) is 0 Å². The summed E-state index contributed by atoms with van der Waals surface area (Å²) in [5.74, 6) is -2.89. The quantitative estimate of drug-likeness (QED) is 0.300. The lowest BCUT2D eigenvalue weighted by Crippen LogP contribution is -2.64. The molecule has 0 spiro atoms. The minimum Gasteiger partial charge on any atom is -0.380 e. The highest BCUT2D eigenvalue weighted by Gasteiger charge is 2.75. The van der Waals surface area contributed by atoms with Gasteiger partial charge in [-0.15, -0.1) is 0 Å². The van der Waals surface area contributed by atoms with E-state index in [0.29, 0.717) is 24.0 Å². The zero-order valence-electron chi connectivity index (χ0n) is 28.3. The second-order valence-electron chi connectivity index (χ2n) is 13.1. The summed E-state index contributed by atoms with van der Waals surface area (Å²) in [4.78, 5) is 56.0. The van der Waals surface area contributed by atoms with Crippen molar-refractivity contribution in [1.82, 2.24) is 37.4 Å². The largest absolute Gasteiger partial charge is 0.426 e. The number of nitrogens with zero attached hydrogens (tertiary/aromatic N) is 8. The van der Waals surface area contributed by atoms with E-state index in [2.05, 4.69) is 9.97 Å². The van der Waals surface area contributed by atoms with Gasteiger partial charge in [0.05, 0.1) is 12.7 Å². The van der Waals surface area contributed by atoms with Gasteiger partial charge in [-0.25, -0.2) is 19.6 Å². The first kappa shape index (κ1) is 40.4. The molecule has 4 heterocycles. The van der Waals surface area contributed by atoms with Crippen molar-refractivity contribution in [2.45, 2.75) is 74.8 Å². The second-order valence-corrected chi connectivity index (χ2v) is 13.1. The number of fused-ring (bicyclic) bond motifs is 2. The predicted molar refractivity (Wildman–Crippen MR) is 164 cm³/mol. The Labute approximate surface area is 286 Å². The van der Waals surface area contributed by atoms with Crippen LogP contribution in [0.25, 0.3) is 22.3 Å². The molecule has 0 atom stereocenters. The Bertz CT molecular complexity index is 2180. The van der Waals surface area contributed by atoms with Gasteiger partial charge in [0.15, 0.2) is 27.9 Å². The van der Waals surface area contributed by atoms with Gasteiger partial charge in [0, 0.05) is 47.7 Å².